The van der Waals surface area contributed by atoms with Crippen molar-refractivity contribution in [3.05, 3.63) is 0 Å². The van der Waals surface area contributed by atoms with Crippen LogP contribution in [0, 0.1) is 0 Å². The summed E-state index contributed by atoms with van der Waals surface area (Å²) >= 11 is 0. The molecular weight excluding hydrogens is 250 g/mol. The third-order valence-electron chi connectivity index (χ3n) is 0.871. The molecular formula is C4H16N2O7P2. The summed E-state index contributed by atoms with van der Waals surface area (Å²) < 4.78 is 22.2. The second kappa shape index (κ2) is 8.35. The Labute approximate surface area is 86.9 Å². The molecule has 0 radical (unpaired) electrons. The first kappa shape index (κ1) is 17.6. The van der Waals surface area contributed by atoms with Gasteiger partial charge in [0.1, 0.15) is 0 Å². The average Bonchev–Trinajstić information content (AvgIpc) is 1.94. The molecule has 8 N–H and O–H groups in total. The van der Waals surface area contributed by atoms with Gasteiger partial charge in [0.05, 0.1) is 0 Å². The third-order valence-corrected chi connectivity index (χ3v) is 2.57. The van der Waals surface area contributed by atoms with Gasteiger partial charge in [0.2, 0.25) is 0 Å². The van der Waals surface area contributed by atoms with Gasteiger partial charge in [-0.25, -0.2) is 9.13 Å². The minimum Gasteiger partial charge on any atom is -0.330 e. The normalized spacial score (nSPS) is 11.9. The highest BCUT2D eigenvalue weighted by Crippen LogP contribution is 2.53. The maximum atomic E-state index is 9.63. The molecule has 94 valence electrons. The van der Waals surface area contributed by atoms with Gasteiger partial charge in [-0.1, -0.05) is 0 Å². The van der Waals surface area contributed by atoms with E-state index in [0.29, 0.717) is 0 Å². The number of phosphoric acid groups is 2. The van der Waals surface area contributed by atoms with Crippen LogP contribution in [-0.4, -0.2) is 32.7 Å². The van der Waals surface area contributed by atoms with Gasteiger partial charge in [-0.2, -0.15) is 4.31 Å². The number of hydrogen-bond acceptors (Lipinski definition) is 5. The largest absolute Gasteiger partial charge is 0.478 e. The second-order valence-corrected chi connectivity index (χ2v) is 4.96. The molecule has 0 aliphatic rings. The first-order valence-electron chi connectivity index (χ1n) is 3.85. The third kappa shape index (κ3) is 25.0. The summed E-state index contributed by atoms with van der Waals surface area (Å²) in [6.07, 6.45) is 2.13. The van der Waals surface area contributed by atoms with Crippen LogP contribution in [0.1, 0.15) is 12.8 Å². The van der Waals surface area contributed by atoms with Crippen LogP contribution in [0.4, 0.5) is 0 Å². The van der Waals surface area contributed by atoms with Crippen molar-refractivity contribution in [2.45, 2.75) is 12.8 Å². The summed E-state index contributed by atoms with van der Waals surface area (Å²) in [5.74, 6) is 0. The fourth-order valence-electron chi connectivity index (χ4n) is 0.427. The average molecular weight is 266 g/mol. The Morgan fingerprint density at radius 1 is 0.867 bits per heavy atom. The van der Waals surface area contributed by atoms with Gasteiger partial charge >= 0.3 is 15.6 Å². The molecule has 0 unspecified atom stereocenters. The van der Waals surface area contributed by atoms with Crippen LogP contribution in [0.15, 0.2) is 0 Å². The number of unbranched alkanes of at least 4 members (excludes halogenated alkanes) is 1. The molecule has 0 amide bonds. The molecule has 11 heteroatoms. The molecule has 0 heterocycles. The Balaban J connectivity index is 0. The maximum absolute atomic E-state index is 9.63. The molecule has 0 aromatic heterocycles. The smallest absolute Gasteiger partial charge is 0.330 e. The highest BCUT2D eigenvalue weighted by molar-refractivity contribution is 7.60. The minimum absolute atomic E-state index is 0.775. The molecule has 0 rings (SSSR count). The van der Waals surface area contributed by atoms with Gasteiger partial charge in [0.15, 0.2) is 0 Å². The molecule has 0 saturated carbocycles. The van der Waals surface area contributed by atoms with E-state index >= 15 is 0 Å². The van der Waals surface area contributed by atoms with Crippen LogP contribution in [0.25, 0.3) is 0 Å². The van der Waals surface area contributed by atoms with E-state index < -0.39 is 15.6 Å². The molecule has 0 saturated heterocycles. The fourth-order valence-corrected chi connectivity index (χ4v) is 1.54. The van der Waals surface area contributed by atoms with Crippen molar-refractivity contribution in [2.24, 2.45) is 11.5 Å². The fraction of sp³-hybridized carbons (Fsp3) is 1.00. The Hall–Kier alpha value is 0.180. The number of rotatable bonds is 5. The molecule has 0 aliphatic carbocycles. The number of nitrogens with two attached hydrogens (primary N) is 2. The zero-order valence-electron chi connectivity index (χ0n) is 7.89. The molecule has 0 aromatic carbocycles. The summed E-state index contributed by atoms with van der Waals surface area (Å²) in [5.41, 5.74) is 10.3. The van der Waals surface area contributed by atoms with Crippen LogP contribution in [-0.2, 0) is 13.4 Å². The predicted octanol–water partition coefficient (Wildman–Crippen LogP) is -1.13. The van der Waals surface area contributed by atoms with Gasteiger partial charge in [-0.05, 0) is 25.9 Å². The van der Waals surface area contributed by atoms with E-state index in [-0.39, 0.29) is 0 Å². The van der Waals surface area contributed by atoms with E-state index in [1.807, 2.05) is 0 Å². The van der Waals surface area contributed by atoms with Crippen LogP contribution in [0.5, 0.6) is 0 Å². The van der Waals surface area contributed by atoms with E-state index in [9.17, 15) is 9.13 Å². The molecule has 0 aliphatic heterocycles. The van der Waals surface area contributed by atoms with Gasteiger partial charge in [0.25, 0.3) is 0 Å². The van der Waals surface area contributed by atoms with Crippen molar-refractivity contribution in [2.75, 3.05) is 13.1 Å². The van der Waals surface area contributed by atoms with Crippen LogP contribution in [0.3, 0.4) is 0 Å². The lowest BCUT2D eigenvalue weighted by molar-refractivity contribution is 0.225. The standard InChI is InChI=1S/C4H12N2.H4O7P2/c5-3-1-2-4-6;1-8(2,3)7-9(4,5)6/h1-6H2;(H2,1,2,3)(H2,4,5,6). The van der Waals surface area contributed by atoms with Crippen molar-refractivity contribution >= 4 is 15.6 Å². The van der Waals surface area contributed by atoms with Crippen LogP contribution >= 0.6 is 15.6 Å². The molecule has 9 nitrogen and oxygen atoms in total. The van der Waals surface area contributed by atoms with Crippen molar-refractivity contribution in [1.29, 1.82) is 0 Å². The lowest BCUT2D eigenvalue weighted by Crippen LogP contribution is -2.03. The van der Waals surface area contributed by atoms with Gasteiger partial charge in [0, 0.05) is 0 Å². The zero-order valence-corrected chi connectivity index (χ0v) is 9.68. The lowest BCUT2D eigenvalue weighted by atomic mass is 10.3. The van der Waals surface area contributed by atoms with Gasteiger partial charge < -0.3 is 31.0 Å². The Kier molecular flexibility index (Phi) is 9.78. The van der Waals surface area contributed by atoms with Gasteiger partial charge in [-0.3, -0.25) is 0 Å². The second-order valence-electron chi connectivity index (χ2n) is 2.35. The Bertz CT molecular complexity index is 211. The molecule has 0 fully saturated rings. The SMILES string of the molecule is NCCCCN.O=P(O)(O)OP(=O)(O)O. The first-order chi connectivity index (χ1) is 6.62. The summed E-state index contributed by atoms with van der Waals surface area (Å²) in [6.45, 7) is 1.55. The summed E-state index contributed by atoms with van der Waals surface area (Å²) in [5, 5.41) is 0. The van der Waals surface area contributed by atoms with Crippen LogP contribution in [0.2, 0.25) is 0 Å². The van der Waals surface area contributed by atoms with E-state index in [0.717, 1.165) is 25.9 Å². The summed E-state index contributed by atoms with van der Waals surface area (Å²) in [4.78, 5) is 31.0. The van der Waals surface area contributed by atoms with Crippen molar-refractivity contribution in [3.63, 3.8) is 0 Å². The van der Waals surface area contributed by atoms with E-state index in [2.05, 4.69) is 4.31 Å². The predicted molar refractivity (Wildman–Crippen MR) is 52.5 cm³/mol. The number of hydrogen-bond donors (Lipinski definition) is 6. The first-order valence-corrected chi connectivity index (χ1v) is 6.91. The van der Waals surface area contributed by atoms with Gasteiger partial charge in [-0.15, -0.1) is 0 Å². The molecule has 0 bridgehead atoms. The summed E-state index contributed by atoms with van der Waals surface area (Å²) in [7, 11) is -10.1. The maximum Gasteiger partial charge on any atom is 0.478 e. The Morgan fingerprint density at radius 3 is 1.20 bits per heavy atom. The monoisotopic (exact) mass is 266 g/mol. The zero-order chi connectivity index (χ0) is 12.5. The Morgan fingerprint density at radius 2 is 1.13 bits per heavy atom. The lowest BCUT2D eigenvalue weighted by Gasteiger charge is -2.03. The van der Waals surface area contributed by atoms with E-state index in [1.165, 1.54) is 0 Å². The van der Waals surface area contributed by atoms with E-state index in [4.69, 9.17) is 31.0 Å². The highest BCUT2D eigenvalue weighted by Gasteiger charge is 2.27. The highest BCUT2D eigenvalue weighted by atomic mass is 31.3. The van der Waals surface area contributed by atoms with Crippen molar-refractivity contribution in [1.82, 2.24) is 0 Å². The molecule has 15 heavy (non-hydrogen) atoms. The molecule has 0 aromatic rings. The van der Waals surface area contributed by atoms with Crippen molar-refractivity contribution in [3.8, 4) is 0 Å². The van der Waals surface area contributed by atoms with E-state index in [1.54, 1.807) is 0 Å². The van der Waals surface area contributed by atoms with Crippen molar-refractivity contribution < 1.29 is 33.0 Å². The quantitative estimate of drug-likeness (QED) is 0.265. The molecule has 0 atom stereocenters. The van der Waals surface area contributed by atoms with Crippen LogP contribution < -0.4 is 11.5 Å². The summed E-state index contributed by atoms with van der Waals surface area (Å²) in [6, 6.07) is 0. The molecule has 0 spiro atoms. The topological polar surface area (TPSA) is 176 Å². The minimum atomic E-state index is -5.05.